The van der Waals surface area contributed by atoms with Gasteiger partial charge in [-0.05, 0) is 23.6 Å². The minimum absolute atomic E-state index is 0.239. The van der Waals surface area contributed by atoms with Crippen LogP contribution in [0.1, 0.15) is 37.2 Å². The Bertz CT molecular complexity index is 596. The Labute approximate surface area is 124 Å². The van der Waals surface area contributed by atoms with Crippen molar-refractivity contribution in [2.45, 2.75) is 26.3 Å². The Morgan fingerprint density at radius 2 is 1.86 bits per heavy atom. The number of rotatable bonds is 6. The zero-order chi connectivity index (χ0) is 15.4. The first-order chi connectivity index (χ1) is 10.0. The summed E-state index contributed by atoms with van der Waals surface area (Å²) in [6.45, 7) is 4.03. The molecule has 1 heterocycles. The van der Waals surface area contributed by atoms with E-state index in [9.17, 15) is 0 Å². The zero-order valence-electron chi connectivity index (χ0n) is 12.8. The van der Waals surface area contributed by atoms with Crippen LogP contribution < -0.4 is 15.2 Å². The van der Waals surface area contributed by atoms with Crippen LogP contribution in [0.4, 0.5) is 0 Å². The molecule has 21 heavy (non-hydrogen) atoms. The van der Waals surface area contributed by atoms with Crippen LogP contribution in [0.5, 0.6) is 11.5 Å². The van der Waals surface area contributed by atoms with Gasteiger partial charge in [-0.15, -0.1) is 10.2 Å². The molecule has 0 aliphatic rings. The van der Waals surface area contributed by atoms with Crippen molar-refractivity contribution in [1.82, 2.24) is 10.2 Å². The summed E-state index contributed by atoms with van der Waals surface area (Å²) in [6, 6.07) is 5.45. The lowest BCUT2D eigenvalue weighted by Gasteiger charge is -2.10. The summed E-state index contributed by atoms with van der Waals surface area (Å²) in [7, 11) is 3.21. The minimum Gasteiger partial charge on any atom is -0.493 e. The maximum atomic E-state index is 6.00. The first-order valence-electron chi connectivity index (χ1n) is 6.84. The third kappa shape index (κ3) is 3.52. The lowest BCUT2D eigenvalue weighted by atomic mass is 10.1. The molecular weight excluding hydrogens is 270 g/mol. The van der Waals surface area contributed by atoms with E-state index >= 15 is 0 Å². The Kier molecular flexibility index (Phi) is 4.80. The minimum atomic E-state index is -0.239. The van der Waals surface area contributed by atoms with Gasteiger partial charge in [0.25, 0.3) is 0 Å². The van der Waals surface area contributed by atoms with Gasteiger partial charge in [-0.25, -0.2) is 0 Å². The van der Waals surface area contributed by atoms with Crippen LogP contribution in [0, 0.1) is 5.92 Å². The van der Waals surface area contributed by atoms with Crippen molar-refractivity contribution in [2.24, 2.45) is 11.7 Å². The van der Waals surface area contributed by atoms with Crippen LogP contribution in [-0.2, 0) is 6.42 Å². The van der Waals surface area contributed by atoms with Gasteiger partial charge in [0.05, 0.1) is 26.7 Å². The molecule has 0 aliphatic carbocycles. The third-order valence-electron chi connectivity index (χ3n) is 3.29. The first-order valence-corrected chi connectivity index (χ1v) is 6.84. The molecule has 0 aliphatic heterocycles. The molecule has 0 spiro atoms. The Balaban J connectivity index is 2.15. The van der Waals surface area contributed by atoms with Crippen molar-refractivity contribution in [2.75, 3.05) is 14.2 Å². The molecule has 6 heteroatoms. The maximum Gasteiger partial charge on any atom is 0.233 e. The van der Waals surface area contributed by atoms with Gasteiger partial charge in [0, 0.05) is 0 Å². The number of nitrogens with two attached hydrogens (primary N) is 1. The van der Waals surface area contributed by atoms with Crippen LogP contribution in [0.25, 0.3) is 0 Å². The number of hydrogen-bond acceptors (Lipinski definition) is 6. The molecule has 114 valence electrons. The molecular formula is C15H21N3O3. The highest BCUT2D eigenvalue weighted by molar-refractivity contribution is 5.43. The predicted octanol–water partition coefficient (Wildman–Crippen LogP) is 2.33. The first kappa shape index (κ1) is 15.3. The largest absolute Gasteiger partial charge is 0.493 e. The molecule has 1 unspecified atom stereocenters. The van der Waals surface area contributed by atoms with E-state index in [4.69, 9.17) is 19.6 Å². The number of nitrogens with zero attached hydrogens (tertiary/aromatic N) is 2. The summed E-state index contributed by atoms with van der Waals surface area (Å²) in [5.74, 6) is 2.62. The van der Waals surface area contributed by atoms with Crippen molar-refractivity contribution >= 4 is 0 Å². The summed E-state index contributed by atoms with van der Waals surface area (Å²) in [6.07, 6.45) is 0.526. The second kappa shape index (κ2) is 6.58. The predicted molar refractivity (Wildman–Crippen MR) is 78.4 cm³/mol. The normalized spacial score (nSPS) is 12.5. The number of hydrogen-bond donors (Lipinski definition) is 1. The van der Waals surface area contributed by atoms with Crippen LogP contribution in [0.15, 0.2) is 22.6 Å². The lowest BCUT2D eigenvalue weighted by Crippen LogP contribution is -2.16. The fourth-order valence-electron chi connectivity index (χ4n) is 1.92. The highest BCUT2D eigenvalue weighted by Crippen LogP contribution is 2.28. The monoisotopic (exact) mass is 291 g/mol. The van der Waals surface area contributed by atoms with Gasteiger partial charge in [-0.2, -0.15) is 0 Å². The average molecular weight is 291 g/mol. The van der Waals surface area contributed by atoms with E-state index < -0.39 is 0 Å². The van der Waals surface area contributed by atoms with E-state index in [0.29, 0.717) is 29.7 Å². The summed E-state index contributed by atoms with van der Waals surface area (Å²) in [4.78, 5) is 0. The molecule has 1 atom stereocenters. The van der Waals surface area contributed by atoms with Gasteiger partial charge in [-0.3, -0.25) is 0 Å². The van der Waals surface area contributed by atoms with Crippen molar-refractivity contribution < 1.29 is 13.9 Å². The molecule has 6 nitrogen and oxygen atoms in total. The molecule has 0 bridgehead atoms. The summed E-state index contributed by atoms with van der Waals surface area (Å²) in [5.41, 5.74) is 7.00. The molecule has 0 saturated carbocycles. The fraction of sp³-hybridized carbons (Fsp3) is 0.467. The number of benzene rings is 1. The molecule has 0 fully saturated rings. The molecule has 2 rings (SSSR count). The molecule has 2 N–H and O–H groups in total. The summed E-state index contributed by atoms with van der Waals surface area (Å²) in [5, 5.41) is 8.06. The molecule has 0 radical (unpaired) electrons. The van der Waals surface area contributed by atoms with Crippen molar-refractivity contribution in [3.8, 4) is 11.5 Å². The van der Waals surface area contributed by atoms with Crippen LogP contribution in [-0.4, -0.2) is 24.4 Å². The quantitative estimate of drug-likeness (QED) is 0.879. The van der Waals surface area contributed by atoms with Gasteiger partial charge in [0.2, 0.25) is 11.8 Å². The van der Waals surface area contributed by atoms with E-state index in [1.165, 1.54) is 0 Å². The van der Waals surface area contributed by atoms with Gasteiger partial charge in [0.1, 0.15) is 0 Å². The molecule has 1 aromatic heterocycles. The highest BCUT2D eigenvalue weighted by Gasteiger charge is 2.18. The summed E-state index contributed by atoms with van der Waals surface area (Å²) < 4.78 is 16.1. The van der Waals surface area contributed by atoms with Crippen LogP contribution >= 0.6 is 0 Å². The van der Waals surface area contributed by atoms with Gasteiger partial charge >= 0.3 is 0 Å². The number of ether oxygens (including phenoxy) is 2. The van der Waals surface area contributed by atoms with E-state index in [-0.39, 0.29) is 12.0 Å². The highest BCUT2D eigenvalue weighted by atomic mass is 16.5. The van der Waals surface area contributed by atoms with Gasteiger partial charge in [-0.1, -0.05) is 19.9 Å². The molecule has 0 amide bonds. The molecule has 0 saturated heterocycles. The second-order valence-corrected chi connectivity index (χ2v) is 5.17. The van der Waals surface area contributed by atoms with Crippen molar-refractivity contribution in [3.05, 3.63) is 35.5 Å². The maximum absolute atomic E-state index is 6.00. The van der Waals surface area contributed by atoms with Crippen LogP contribution in [0.2, 0.25) is 0 Å². The fourth-order valence-corrected chi connectivity index (χ4v) is 1.92. The third-order valence-corrected chi connectivity index (χ3v) is 3.29. The van der Waals surface area contributed by atoms with Crippen molar-refractivity contribution in [3.63, 3.8) is 0 Å². The number of methoxy groups -OCH3 is 2. The van der Waals surface area contributed by atoms with E-state index in [1.54, 1.807) is 14.2 Å². The number of aromatic nitrogens is 2. The lowest BCUT2D eigenvalue weighted by molar-refractivity contribution is 0.354. The topological polar surface area (TPSA) is 83.4 Å². The van der Waals surface area contributed by atoms with E-state index in [1.807, 2.05) is 32.0 Å². The Morgan fingerprint density at radius 3 is 2.48 bits per heavy atom. The SMILES string of the molecule is COc1ccc(Cc2nnc(C(N)C(C)C)o2)cc1OC. The second-order valence-electron chi connectivity index (χ2n) is 5.17. The van der Waals surface area contributed by atoms with Gasteiger partial charge in [0.15, 0.2) is 11.5 Å². The average Bonchev–Trinajstić information content (AvgIpc) is 2.94. The standard InChI is InChI=1S/C15H21N3O3/c1-9(2)14(16)15-18-17-13(21-15)8-10-5-6-11(19-3)12(7-10)20-4/h5-7,9,14H,8,16H2,1-4H3. The molecule has 1 aromatic carbocycles. The van der Waals surface area contributed by atoms with Crippen molar-refractivity contribution in [1.29, 1.82) is 0 Å². The molecule has 2 aromatic rings. The summed E-state index contributed by atoms with van der Waals surface area (Å²) >= 11 is 0. The van der Waals surface area contributed by atoms with E-state index in [2.05, 4.69) is 10.2 Å². The van der Waals surface area contributed by atoms with Gasteiger partial charge < -0.3 is 19.6 Å². The van der Waals surface area contributed by atoms with Crippen LogP contribution in [0.3, 0.4) is 0 Å². The Hall–Kier alpha value is -2.08. The Morgan fingerprint density at radius 1 is 1.14 bits per heavy atom. The zero-order valence-corrected chi connectivity index (χ0v) is 12.8. The van der Waals surface area contributed by atoms with E-state index in [0.717, 1.165) is 5.56 Å². The smallest absolute Gasteiger partial charge is 0.233 e.